The van der Waals surface area contributed by atoms with Gasteiger partial charge in [-0.3, -0.25) is 4.79 Å². The first-order chi connectivity index (χ1) is 18.6. The van der Waals surface area contributed by atoms with Gasteiger partial charge in [0.15, 0.2) is 5.60 Å². The topological polar surface area (TPSA) is 72.8 Å². The summed E-state index contributed by atoms with van der Waals surface area (Å²) in [4.78, 5) is 25.1. The first-order valence-corrected chi connectivity index (χ1v) is 13.9. The Morgan fingerprint density at radius 3 is 2.10 bits per heavy atom. The Balaban J connectivity index is 1.54. The highest BCUT2D eigenvalue weighted by Crippen LogP contribution is 2.33. The van der Waals surface area contributed by atoms with Crippen LogP contribution in [0.5, 0.6) is 0 Å². The van der Waals surface area contributed by atoms with Gasteiger partial charge in [0.25, 0.3) is 0 Å². The summed E-state index contributed by atoms with van der Waals surface area (Å²) in [5.74, 6) is 7.06. The molecule has 39 heavy (non-hydrogen) atoms. The predicted molar refractivity (Wildman–Crippen MR) is 154 cm³/mol. The van der Waals surface area contributed by atoms with Crippen LogP contribution in [0, 0.1) is 36.5 Å². The number of cyclic esters (lactones) is 1. The lowest BCUT2D eigenvalue weighted by atomic mass is 9.86. The van der Waals surface area contributed by atoms with Gasteiger partial charge in [-0.15, -0.1) is 0 Å². The standard InChI is InChI=1S/C34H42O5/c1-24(2)18-30(19-25(3)4)16-17-31-21-34(22-35,39-33(31)37)23-38-32(36)20-29-14-12-28(13-15-29)11-10-27-8-6-26(5)7-9-27/h6-9,12-15,17,24-25,30,35H,16,18-23H2,1-5H3/b31-17+/t34-/m1/s1. The molecule has 1 aliphatic rings. The summed E-state index contributed by atoms with van der Waals surface area (Å²) in [5, 5.41) is 10.0. The predicted octanol–water partition coefficient (Wildman–Crippen LogP) is 6.18. The van der Waals surface area contributed by atoms with Crippen molar-refractivity contribution in [1.29, 1.82) is 0 Å². The van der Waals surface area contributed by atoms with Gasteiger partial charge in [-0.05, 0) is 73.8 Å². The lowest BCUT2D eigenvalue weighted by Gasteiger charge is -2.24. The molecule has 5 heteroatoms. The van der Waals surface area contributed by atoms with Gasteiger partial charge in [0, 0.05) is 23.1 Å². The number of benzene rings is 2. The van der Waals surface area contributed by atoms with Crippen molar-refractivity contribution in [1.82, 2.24) is 0 Å². The van der Waals surface area contributed by atoms with Crippen molar-refractivity contribution >= 4 is 11.9 Å². The summed E-state index contributed by atoms with van der Waals surface area (Å²) in [6.45, 7) is 10.3. The second-order valence-corrected chi connectivity index (χ2v) is 11.6. The van der Waals surface area contributed by atoms with Crippen LogP contribution >= 0.6 is 0 Å². The number of allylic oxidation sites excluding steroid dienone is 1. The van der Waals surface area contributed by atoms with E-state index in [1.807, 2.05) is 61.5 Å². The number of ether oxygens (including phenoxy) is 2. The van der Waals surface area contributed by atoms with Crippen molar-refractivity contribution < 1.29 is 24.2 Å². The molecule has 0 aliphatic carbocycles. The van der Waals surface area contributed by atoms with Crippen LogP contribution in [0.1, 0.15) is 75.6 Å². The number of aliphatic hydroxyl groups excluding tert-OH is 1. The van der Waals surface area contributed by atoms with E-state index in [0.717, 1.165) is 36.0 Å². The first kappa shape index (κ1) is 30.2. The van der Waals surface area contributed by atoms with Crippen LogP contribution in [0.2, 0.25) is 0 Å². The van der Waals surface area contributed by atoms with Gasteiger partial charge in [-0.2, -0.15) is 0 Å². The van der Waals surface area contributed by atoms with E-state index in [4.69, 9.17) is 9.47 Å². The van der Waals surface area contributed by atoms with Gasteiger partial charge < -0.3 is 14.6 Å². The van der Waals surface area contributed by atoms with Crippen molar-refractivity contribution in [2.45, 2.75) is 72.3 Å². The molecule has 0 aromatic heterocycles. The Labute approximate surface area is 233 Å². The molecule has 5 nitrogen and oxygen atoms in total. The molecular weight excluding hydrogens is 488 g/mol. The SMILES string of the molecule is Cc1ccc(C#Cc2ccc(CC(=O)OC[C@]3(CO)C/C(=C\CC(CC(C)C)CC(C)C)C(=O)O3)cc2)cc1. The number of hydrogen-bond donors (Lipinski definition) is 1. The zero-order valence-electron chi connectivity index (χ0n) is 24.0. The van der Waals surface area contributed by atoms with Crippen LogP contribution in [0.4, 0.5) is 0 Å². The molecule has 2 aromatic rings. The largest absolute Gasteiger partial charge is 0.461 e. The Morgan fingerprint density at radius 2 is 1.56 bits per heavy atom. The minimum absolute atomic E-state index is 0.0793. The van der Waals surface area contributed by atoms with E-state index in [9.17, 15) is 14.7 Å². The van der Waals surface area contributed by atoms with E-state index >= 15 is 0 Å². The molecule has 3 rings (SSSR count). The molecule has 0 unspecified atom stereocenters. The van der Waals surface area contributed by atoms with Crippen LogP contribution < -0.4 is 0 Å². The molecular formula is C34H42O5. The Kier molecular flexibility index (Phi) is 10.9. The van der Waals surface area contributed by atoms with Gasteiger partial charge in [-0.1, -0.05) is 75.4 Å². The highest BCUT2D eigenvalue weighted by molar-refractivity contribution is 5.91. The smallest absolute Gasteiger partial charge is 0.334 e. The number of hydrogen-bond acceptors (Lipinski definition) is 5. The zero-order valence-corrected chi connectivity index (χ0v) is 24.0. The fourth-order valence-electron chi connectivity index (χ4n) is 4.94. The van der Waals surface area contributed by atoms with E-state index < -0.39 is 24.1 Å². The Bertz CT molecular complexity index is 1180. The molecule has 2 aromatic carbocycles. The summed E-state index contributed by atoms with van der Waals surface area (Å²) in [6.07, 6.45) is 5.27. The normalized spacial score (nSPS) is 18.0. The highest BCUT2D eigenvalue weighted by atomic mass is 16.6. The first-order valence-electron chi connectivity index (χ1n) is 13.9. The van der Waals surface area contributed by atoms with E-state index in [1.165, 1.54) is 5.56 Å². The van der Waals surface area contributed by atoms with Gasteiger partial charge in [0.2, 0.25) is 0 Å². The molecule has 1 fully saturated rings. The third-order valence-corrected chi connectivity index (χ3v) is 6.88. The van der Waals surface area contributed by atoms with Crippen molar-refractivity contribution in [3.8, 4) is 11.8 Å². The molecule has 0 spiro atoms. The van der Waals surface area contributed by atoms with Crippen LogP contribution in [0.15, 0.2) is 60.2 Å². The number of esters is 2. The van der Waals surface area contributed by atoms with E-state index in [2.05, 4.69) is 39.5 Å². The maximum Gasteiger partial charge on any atom is 0.334 e. The number of carbonyl (C=O) groups excluding carboxylic acids is 2. The summed E-state index contributed by atoms with van der Waals surface area (Å²) >= 11 is 0. The molecule has 1 aliphatic heterocycles. The van der Waals surface area contributed by atoms with Gasteiger partial charge in [0.05, 0.1) is 13.0 Å². The molecule has 1 saturated heterocycles. The number of aryl methyl sites for hydroxylation is 1. The lowest BCUT2D eigenvalue weighted by Crippen LogP contribution is -2.39. The molecule has 208 valence electrons. The number of aliphatic hydroxyl groups is 1. The lowest BCUT2D eigenvalue weighted by molar-refractivity contribution is -0.165. The average molecular weight is 531 g/mol. The van der Waals surface area contributed by atoms with Crippen molar-refractivity contribution in [3.05, 3.63) is 82.4 Å². The summed E-state index contributed by atoms with van der Waals surface area (Å²) in [7, 11) is 0. The second kappa shape index (κ2) is 14.1. The van der Waals surface area contributed by atoms with Gasteiger partial charge in [-0.25, -0.2) is 4.79 Å². The average Bonchev–Trinajstić information content (AvgIpc) is 3.22. The van der Waals surface area contributed by atoms with E-state index in [-0.39, 0.29) is 19.4 Å². The number of carbonyl (C=O) groups is 2. The molecule has 0 saturated carbocycles. The Morgan fingerprint density at radius 1 is 1.00 bits per heavy atom. The molecule has 1 heterocycles. The minimum atomic E-state index is -1.22. The summed E-state index contributed by atoms with van der Waals surface area (Å²) in [5.41, 5.74) is 3.12. The molecule has 0 amide bonds. The van der Waals surface area contributed by atoms with Crippen LogP contribution in [0.3, 0.4) is 0 Å². The van der Waals surface area contributed by atoms with Gasteiger partial charge >= 0.3 is 11.9 Å². The third kappa shape index (κ3) is 9.71. The van der Waals surface area contributed by atoms with Crippen molar-refractivity contribution in [2.24, 2.45) is 17.8 Å². The maximum atomic E-state index is 12.6. The third-order valence-electron chi connectivity index (χ3n) is 6.88. The van der Waals surface area contributed by atoms with Crippen LogP contribution in [-0.2, 0) is 25.5 Å². The monoisotopic (exact) mass is 530 g/mol. The van der Waals surface area contributed by atoms with E-state index in [1.54, 1.807) is 0 Å². The molecule has 0 radical (unpaired) electrons. The second-order valence-electron chi connectivity index (χ2n) is 11.6. The van der Waals surface area contributed by atoms with Gasteiger partial charge in [0.1, 0.15) is 6.61 Å². The highest BCUT2D eigenvalue weighted by Gasteiger charge is 2.44. The quantitative estimate of drug-likeness (QED) is 0.213. The zero-order chi connectivity index (χ0) is 28.4. The number of rotatable bonds is 11. The van der Waals surface area contributed by atoms with E-state index in [0.29, 0.717) is 23.3 Å². The fraction of sp³-hybridized carbons (Fsp3) is 0.471. The summed E-state index contributed by atoms with van der Waals surface area (Å²) < 4.78 is 11.0. The Hall–Kier alpha value is -3.36. The van der Waals surface area contributed by atoms with Crippen LogP contribution in [-0.4, -0.2) is 35.9 Å². The van der Waals surface area contributed by atoms with Crippen LogP contribution in [0.25, 0.3) is 0 Å². The summed E-state index contributed by atoms with van der Waals surface area (Å²) in [6, 6.07) is 15.5. The van der Waals surface area contributed by atoms with Crippen molar-refractivity contribution in [2.75, 3.05) is 13.2 Å². The van der Waals surface area contributed by atoms with Crippen molar-refractivity contribution in [3.63, 3.8) is 0 Å². The molecule has 0 bridgehead atoms. The molecule has 1 atom stereocenters. The minimum Gasteiger partial charge on any atom is -0.461 e. The fourth-order valence-corrected chi connectivity index (χ4v) is 4.94. The maximum absolute atomic E-state index is 12.6. The molecule has 1 N–H and O–H groups in total.